The highest BCUT2D eigenvalue weighted by Crippen LogP contribution is 2.33. The Bertz CT molecular complexity index is 968. The zero-order chi connectivity index (χ0) is 20.3. The summed E-state index contributed by atoms with van der Waals surface area (Å²) < 4.78 is 18.2. The number of halogens is 1. The van der Waals surface area contributed by atoms with E-state index in [0.29, 0.717) is 21.3 Å². The summed E-state index contributed by atoms with van der Waals surface area (Å²) in [7, 11) is 1.64. The SMILES string of the molecule is CC(C)OC(=O)c1cccc(N=C2S/C(=C/c3ccc(F)cc3)C(=O)N2C)c1. The van der Waals surface area contributed by atoms with Gasteiger partial charge >= 0.3 is 5.97 Å². The van der Waals surface area contributed by atoms with Gasteiger partial charge in [0, 0.05) is 7.05 Å². The fraction of sp³-hybridized carbons (Fsp3) is 0.190. The van der Waals surface area contributed by atoms with Crippen LogP contribution in [0.15, 0.2) is 58.4 Å². The van der Waals surface area contributed by atoms with Crippen molar-refractivity contribution >= 4 is 40.6 Å². The van der Waals surface area contributed by atoms with Crippen molar-refractivity contribution in [2.24, 2.45) is 4.99 Å². The molecule has 1 saturated heterocycles. The predicted octanol–water partition coefficient (Wildman–Crippen LogP) is 4.62. The van der Waals surface area contributed by atoms with Gasteiger partial charge in [-0.2, -0.15) is 0 Å². The number of carbonyl (C=O) groups excluding carboxylic acids is 2. The van der Waals surface area contributed by atoms with Gasteiger partial charge in [0.05, 0.1) is 22.3 Å². The van der Waals surface area contributed by atoms with E-state index in [2.05, 4.69) is 4.99 Å². The zero-order valence-corrected chi connectivity index (χ0v) is 16.5. The third-order valence-electron chi connectivity index (χ3n) is 3.82. The van der Waals surface area contributed by atoms with E-state index in [-0.39, 0.29) is 17.8 Å². The molecular weight excluding hydrogens is 379 g/mol. The summed E-state index contributed by atoms with van der Waals surface area (Å²) in [4.78, 5) is 31.0. The summed E-state index contributed by atoms with van der Waals surface area (Å²) in [5.74, 6) is -0.941. The second-order valence-corrected chi connectivity index (χ2v) is 7.43. The summed E-state index contributed by atoms with van der Waals surface area (Å²) in [6, 6.07) is 12.6. The van der Waals surface area contributed by atoms with Crippen LogP contribution in [0.1, 0.15) is 29.8 Å². The molecule has 0 atom stereocenters. The number of rotatable bonds is 4. The highest BCUT2D eigenvalue weighted by atomic mass is 32.2. The summed E-state index contributed by atoms with van der Waals surface area (Å²) in [6.45, 7) is 3.57. The van der Waals surface area contributed by atoms with Crippen LogP contribution in [0.4, 0.5) is 10.1 Å². The van der Waals surface area contributed by atoms with Crippen molar-refractivity contribution in [3.63, 3.8) is 0 Å². The third kappa shape index (κ3) is 4.67. The standard InChI is InChI=1S/C21H19FN2O3S/c1-13(2)27-20(26)15-5-4-6-17(12-15)23-21-24(3)19(25)18(28-21)11-14-7-9-16(22)10-8-14/h4-13H,1-3H3/b18-11+,23-21?. The van der Waals surface area contributed by atoms with Crippen molar-refractivity contribution < 1.29 is 18.7 Å². The Morgan fingerprint density at radius 3 is 2.61 bits per heavy atom. The van der Waals surface area contributed by atoms with E-state index >= 15 is 0 Å². The number of amides is 1. The number of amidine groups is 1. The monoisotopic (exact) mass is 398 g/mol. The molecule has 5 nitrogen and oxygen atoms in total. The lowest BCUT2D eigenvalue weighted by Crippen LogP contribution is -2.23. The molecule has 1 fully saturated rings. The number of likely N-dealkylation sites (N-methyl/N-ethyl adjacent to an activating group) is 1. The average molecular weight is 398 g/mol. The number of carbonyl (C=O) groups is 2. The van der Waals surface area contributed by atoms with E-state index in [4.69, 9.17) is 4.74 Å². The smallest absolute Gasteiger partial charge is 0.338 e. The lowest BCUT2D eigenvalue weighted by atomic mass is 10.2. The minimum absolute atomic E-state index is 0.191. The summed E-state index contributed by atoms with van der Waals surface area (Å²) in [5, 5.41) is 0.493. The Morgan fingerprint density at radius 1 is 1.21 bits per heavy atom. The second kappa shape index (κ2) is 8.39. The van der Waals surface area contributed by atoms with Gasteiger partial charge < -0.3 is 4.74 Å². The van der Waals surface area contributed by atoms with Crippen LogP contribution in [0.25, 0.3) is 6.08 Å². The van der Waals surface area contributed by atoms with Crippen LogP contribution in [0, 0.1) is 5.82 Å². The maximum absolute atomic E-state index is 13.0. The number of aliphatic imine (C=N–C) groups is 1. The molecule has 1 heterocycles. The molecule has 28 heavy (non-hydrogen) atoms. The molecule has 1 aliphatic rings. The van der Waals surface area contributed by atoms with E-state index in [9.17, 15) is 14.0 Å². The first-order valence-corrected chi connectivity index (χ1v) is 9.48. The number of hydrogen-bond donors (Lipinski definition) is 0. The zero-order valence-electron chi connectivity index (χ0n) is 15.7. The molecule has 0 radical (unpaired) electrons. The maximum atomic E-state index is 13.0. The van der Waals surface area contributed by atoms with Gasteiger partial charge in [-0.3, -0.25) is 9.69 Å². The van der Waals surface area contributed by atoms with Gasteiger partial charge in [0.1, 0.15) is 5.82 Å². The van der Waals surface area contributed by atoms with Crippen molar-refractivity contribution in [1.29, 1.82) is 0 Å². The number of ether oxygens (including phenoxy) is 1. The van der Waals surface area contributed by atoms with Crippen LogP contribution in [-0.4, -0.2) is 35.1 Å². The molecular formula is C21H19FN2O3S. The lowest BCUT2D eigenvalue weighted by Gasteiger charge is -2.09. The summed E-state index contributed by atoms with van der Waals surface area (Å²) in [5.41, 5.74) is 1.67. The molecule has 0 aromatic heterocycles. The molecule has 0 aliphatic carbocycles. The van der Waals surface area contributed by atoms with Crippen LogP contribution in [0.2, 0.25) is 0 Å². The number of benzene rings is 2. The van der Waals surface area contributed by atoms with Gasteiger partial charge in [-0.1, -0.05) is 18.2 Å². The first-order chi connectivity index (χ1) is 13.3. The molecule has 144 valence electrons. The Balaban J connectivity index is 1.84. The quantitative estimate of drug-likeness (QED) is 0.557. The molecule has 3 rings (SSSR count). The Hall–Kier alpha value is -2.93. The van der Waals surface area contributed by atoms with Crippen molar-refractivity contribution in [2.45, 2.75) is 20.0 Å². The molecule has 0 unspecified atom stereocenters. The van der Waals surface area contributed by atoms with Crippen LogP contribution in [0.3, 0.4) is 0 Å². The summed E-state index contributed by atoms with van der Waals surface area (Å²) in [6.07, 6.45) is 1.48. The molecule has 0 bridgehead atoms. The first kappa shape index (κ1) is 19.8. The van der Waals surface area contributed by atoms with Gasteiger partial charge in [0.15, 0.2) is 5.17 Å². The molecule has 2 aromatic carbocycles. The third-order valence-corrected chi connectivity index (χ3v) is 4.88. The second-order valence-electron chi connectivity index (χ2n) is 6.43. The highest BCUT2D eigenvalue weighted by Gasteiger charge is 2.30. The summed E-state index contributed by atoms with van der Waals surface area (Å²) >= 11 is 1.22. The normalized spacial score (nSPS) is 17.0. The minimum Gasteiger partial charge on any atom is -0.459 e. The van der Waals surface area contributed by atoms with Gasteiger partial charge in [-0.05, 0) is 67.6 Å². The van der Waals surface area contributed by atoms with Crippen molar-refractivity contribution in [2.75, 3.05) is 7.05 Å². The minimum atomic E-state index is -0.419. The maximum Gasteiger partial charge on any atom is 0.338 e. The van der Waals surface area contributed by atoms with Crippen molar-refractivity contribution in [3.8, 4) is 0 Å². The topological polar surface area (TPSA) is 59.0 Å². The highest BCUT2D eigenvalue weighted by molar-refractivity contribution is 8.18. The molecule has 2 aromatic rings. The Labute approximate surface area is 166 Å². The van der Waals surface area contributed by atoms with Crippen LogP contribution in [-0.2, 0) is 9.53 Å². The molecule has 0 saturated carbocycles. The number of hydrogen-bond acceptors (Lipinski definition) is 5. The largest absolute Gasteiger partial charge is 0.459 e. The molecule has 0 spiro atoms. The molecule has 0 N–H and O–H groups in total. The molecule has 7 heteroatoms. The van der Waals surface area contributed by atoms with Crippen LogP contribution < -0.4 is 0 Å². The van der Waals surface area contributed by atoms with Crippen molar-refractivity contribution in [1.82, 2.24) is 4.90 Å². The Morgan fingerprint density at radius 2 is 1.93 bits per heavy atom. The van der Waals surface area contributed by atoms with Crippen LogP contribution >= 0.6 is 11.8 Å². The fourth-order valence-electron chi connectivity index (χ4n) is 2.46. The van der Waals surface area contributed by atoms with E-state index < -0.39 is 5.97 Å². The van der Waals surface area contributed by atoms with Gasteiger partial charge in [0.25, 0.3) is 5.91 Å². The average Bonchev–Trinajstić information content (AvgIpc) is 2.91. The first-order valence-electron chi connectivity index (χ1n) is 8.66. The van der Waals surface area contributed by atoms with E-state index in [1.54, 1.807) is 63.4 Å². The lowest BCUT2D eigenvalue weighted by molar-refractivity contribution is -0.121. The van der Waals surface area contributed by atoms with Crippen molar-refractivity contribution in [3.05, 3.63) is 70.4 Å². The van der Waals surface area contributed by atoms with E-state index in [0.717, 1.165) is 5.56 Å². The number of esters is 1. The predicted molar refractivity (Wildman–Crippen MR) is 109 cm³/mol. The van der Waals surface area contributed by atoms with Gasteiger partial charge in [0.2, 0.25) is 0 Å². The Kier molecular flexibility index (Phi) is 5.94. The molecule has 1 amide bonds. The molecule has 1 aliphatic heterocycles. The fourth-order valence-corrected chi connectivity index (χ4v) is 3.44. The van der Waals surface area contributed by atoms with Crippen LogP contribution in [0.5, 0.6) is 0 Å². The van der Waals surface area contributed by atoms with E-state index in [1.807, 2.05) is 0 Å². The van der Waals surface area contributed by atoms with Gasteiger partial charge in [-0.25, -0.2) is 14.2 Å². The van der Waals surface area contributed by atoms with Gasteiger partial charge in [-0.15, -0.1) is 0 Å². The van der Waals surface area contributed by atoms with E-state index in [1.165, 1.54) is 28.8 Å². The number of thioether (sulfide) groups is 1. The number of nitrogens with zero attached hydrogens (tertiary/aromatic N) is 2.